The van der Waals surface area contributed by atoms with Crippen molar-refractivity contribution in [1.82, 2.24) is 20.5 Å². The molecule has 140 valence electrons. The number of hydrogen-bond donors (Lipinski definition) is 2. The number of hydrogen-bond acceptors (Lipinski definition) is 5. The van der Waals surface area contributed by atoms with Crippen molar-refractivity contribution in [2.75, 3.05) is 44.7 Å². The summed E-state index contributed by atoms with van der Waals surface area (Å²) < 4.78 is 0. The molecule has 25 heavy (non-hydrogen) atoms. The summed E-state index contributed by atoms with van der Waals surface area (Å²) in [7, 11) is 2.15. The summed E-state index contributed by atoms with van der Waals surface area (Å²) in [6.07, 6.45) is 3.70. The van der Waals surface area contributed by atoms with Gasteiger partial charge in [0.25, 0.3) is 0 Å². The Morgan fingerprint density at radius 1 is 1.36 bits per heavy atom. The monoisotopic (exact) mass is 367 g/mol. The lowest BCUT2D eigenvalue weighted by Gasteiger charge is -2.33. The van der Waals surface area contributed by atoms with E-state index in [9.17, 15) is 4.79 Å². The molecule has 2 saturated heterocycles. The lowest BCUT2D eigenvalue weighted by Crippen LogP contribution is -2.44. The van der Waals surface area contributed by atoms with E-state index in [2.05, 4.69) is 45.5 Å². The second-order valence-corrected chi connectivity index (χ2v) is 7.11. The Morgan fingerprint density at radius 2 is 2.12 bits per heavy atom. The van der Waals surface area contributed by atoms with Crippen molar-refractivity contribution in [1.29, 1.82) is 0 Å². The van der Waals surface area contributed by atoms with Crippen LogP contribution in [0.4, 0.5) is 5.82 Å². The number of likely N-dealkylation sites (N-methyl/N-ethyl adjacent to an activating group) is 1. The number of piperazine rings is 1. The highest BCUT2D eigenvalue weighted by Crippen LogP contribution is 2.17. The van der Waals surface area contributed by atoms with Crippen molar-refractivity contribution in [3.63, 3.8) is 0 Å². The van der Waals surface area contributed by atoms with Gasteiger partial charge in [-0.1, -0.05) is 0 Å². The first kappa shape index (κ1) is 19.9. The molecule has 1 amide bonds. The van der Waals surface area contributed by atoms with E-state index in [1.165, 1.54) is 0 Å². The van der Waals surface area contributed by atoms with Gasteiger partial charge in [-0.2, -0.15) is 0 Å². The first-order valence-corrected chi connectivity index (χ1v) is 9.01. The van der Waals surface area contributed by atoms with Gasteiger partial charge in [0.15, 0.2) is 0 Å². The Labute approximate surface area is 156 Å². The van der Waals surface area contributed by atoms with Crippen molar-refractivity contribution in [2.45, 2.75) is 32.4 Å². The maximum atomic E-state index is 12.4. The van der Waals surface area contributed by atoms with E-state index in [1.807, 2.05) is 12.3 Å². The second kappa shape index (κ2) is 9.36. The lowest BCUT2D eigenvalue weighted by atomic mass is 9.92. The maximum Gasteiger partial charge on any atom is 0.223 e. The summed E-state index contributed by atoms with van der Waals surface area (Å²) in [4.78, 5) is 21.5. The van der Waals surface area contributed by atoms with E-state index in [4.69, 9.17) is 0 Å². The third-order valence-electron chi connectivity index (χ3n) is 5.10. The van der Waals surface area contributed by atoms with E-state index in [-0.39, 0.29) is 24.2 Å². The smallest absolute Gasteiger partial charge is 0.223 e. The van der Waals surface area contributed by atoms with Gasteiger partial charge in [-0.15, -0.1) is 12.4 Å². The zero-order valence-electron chi connectivity index (χ0n) is 15.2. The number of carbonyl (C=O) groups excluding carboxylic acids is 1. The molecule has 0 bridgehead atoms. The summed E-state index contributed by atoms with van der Waals surface area (Å²) >= 11 is 0. The number of piperidine rings is 1. The molecule has 3 heterocycles. The molecular formula is C18H30ClN5O. The van der Waals surface area contributed by atoms with Crippen LogP contribution in [0.25, 0.3) is 0 Å². The average Bonchev–Trinajstić information content (AvgIpc) is 2.60. The molecule has 2 fully saturated rings. The Morgan fingerprint density at radius 3 is 2.84 bits per heavy atom. The highest BCUT2D eigenvalue weighted by Gasteiger charge is 2.24. The highest BCUT2D eigenvalue weighted by atomic mass is 35.5. The maximum absolute atomic E-state index is 12.4. The molecule has 1 aromatic heterocycles. The topological polar surface area (TPSA) is 60.5 Å². The SMILES string of the molecule is C[C@H]1C[C@@H](C(=O)NCc2ccnc(N3CCN(C)CC3)c2)CCN1.Cl. The summed E-state index contributed by atoms with van der Waals surface area (Å²) in [6.45, 7) is 7.80. The van der Waals surface area contributed by atoms with Gasteiger partial charge in [0.2, 0.25) is 5.91 Å². The molecular weight excluding hydrogens is 338 g/mol. The number of nitrogens with one attached hydrogen (secondary N) is 2. The van der Waals surface area contributed by atoms with Gasteiger partial charge in [0, 0.05) is 50.9 Å². The third-order valence-corrected chi connectivity index (χ3v) is 5.10. The normalized spacial score (nSPS) is 24.5. The number of amides is 1. The van der Waals surface area contributed by atoms with Crippen LogP contribution in [0.5, 0.6) is 0 Å². The van der Waals surface area contributed by atoms with Gasteiger partial charge >= 0.3 is 0 Å². The number of anilines is 1. The molecule has 0 aliphatic carbocycles. The molecule has 0 aromatic carbocycles. The number of halogens is 1. The third kappa shape index (κ3) is 5.56. The fraction of sp³-hybridized carbons (Fsp3) is 0.667. The minimum absolute atomic E-state index is 0. The number of pyridine rings is 1. The number of nitrogens with zero attached hydrogens (tertiary/aromatic N) is 3. The van der Waals surface area contributed by atoms with E-state index < -0.39 is 0 Å². The van der Waals surface area contributed by atoms with E-state index in [1.54, 1.807) is 0 Å². The van der Waals surface area contributed by atoms with Gasteiger partial charge in [0.1, 0.15) is 5.82 Å². The number of aromatic nitrogens is 1. The first-order chi connectivity index (χ1) is 11.6. The predicted molar refractivity (Wildman–Crippen MR) is 103 cm³/mol. The van der Waals surface area contributed by atoms with Gasteiger partial charge in [-0.3, -0.25) is 4.79 Å². The average molecular weight is 368 g/mol. The van der Waals surface area contributed by atoms with Crippen LogP contribution >= 0.6 is 12.4 Å². The van der Waals surface area contributed by atoms with Gasteiger partial charge in [-0.25, -0.2) is 4.98 Å². The predicted octanol–water partition coefficient (Wildman–Crippen LogP) is 1.26. The van der Waals surface area contributed by atoms with Crippen LogP contribution in [0.2, 0.25) is 0 Å². The summed E-state index contributed by atoms with van der Waals surface area (Å²) in [6, 6.07) is 4.53. The van der Waals surface area contributed by atoms with Gasteiger partial charge in [-0.05, 0) is 51.1 Å². The number of rotatable bonds is 4. The molecule has 0 unspecified atom stereocenters. The largest absolute Gasteiger partial charge is 0.354 e. The van der Waals surface area contributed by atoms with Crippen LogP contribution in [-0.4, -0.2) is 61.6 Å². The molecule has 2 aliphatic rings. The second-order valence-electron chi connectivity index (χ2n) is 7.11. The summed E-state index contributed by atoms with van der Waals surface area (Å²) in [5, 5.41) is 6.50. The van der Waals surface area contributed by atoms with Crippen molar-refractivity contribution >= 4 is 24.1 Å². The fourth-order valence-corrected chi connectivity index (χ4v) is 3.48. The highest BCUT2D eigenvalue weighted by molar-refractivity contribution is 5.85. The van der Waals surface area contributed by atoms with Crippen molar-refractivity contribution in [3.8, 4) is 0 Å². The standard InChI is InChI=1S/C18H29N5O.ClH/c1-14-11-16(4-6-19-14)18(24)21-13-15-3-5-20-17(12-15)23-9-7-22(2)8-10-23;/h3,5,12,14,16,19H,4,6-11,13H2,1-2H3,(H,21,24);1H/t14-,16-;/m0./s1. The molecule has 3 rings (SSSR count). The Balaban J connectivity index is 0.00000225. The zero-order chi connectivity index (χ0) is 16.9. The van der Waals surface area contributed by atoms with Crippen LogP contribution in [0.15, 0.2) is 18.3 Å². The summed E-state index contributed by atoms with van der Waals surface area (Å²) in [5.74, 6) is 1.34. The van der Waals surface area contributed by atoms with Crippen molar-refractivity contribution in [2.24, 2.45) is 5.92 Å². The zero-order valence-corrected chi connectivity index (χ0v) is 16.0. The molecule has 0 saturated carbocycles. The molecule has 6 nitrogen and oxygen atoms in total. The van der Waals surface area contributed by atoms with Crippen LogP contribution in [-0.2, 0) is 11.3 Å². The lowest BCUT2D eigenvalue weighted by molar-refractivity contribution is -0.126. The van der Waals surface area contributed by atoms with Gasteiger partial charge < -0.3 is 20.4 Å². The fourth-order valence-electron chi connectivity index (χ4n) is 3.48. The summed E-state index contributed by atoms with van der Waals surface area (Å²) in [5.41, 5.74) is 1.12. The minimum atomic E-state index is 0. The number of carbonyl (C=O) groups is 1. The van der Waals surface area contributed by atoms with Crippen LogP contribution < -0.4 is 15.5 Å². The first-order valence-electron chi connectivity index (χ1n) is 9.01. The van der Waals surface area contributed by atoms with Crippen LogP contribution in [0.3, 0.4) is 0 Å². The molecule has 0 radical (unpaired) electrons. The van der Waals surface area contributed by atoms with E-state index in [0.29, 0.717) is 12.6 Å². The van der Waals surface area contributed by atoms with Crippen LogP contribution in [0, 0.1) is 5.92 Å². The minimum Gasteiger partial charge on any atom is -0.354 e. The molecule has 1 aromatic rings. The van der Waals surface area contributed by atoms with Crippen molar-refractivity contribution in [3.05, 3.63) is 23.9 Å². The molecule has 2 N–H and O–H groups in total. The quantitative estimate of drug-likeness (QED) is 0.839. The molecule has 7 heteroatoms. The van der Waals surface area contributed by atoms with Gasteiger partial charge in [0.05, 0.1) is 0 Å². The Bertz CT molecular complexity index is 562. The Hall–Kier alpha value is -1.37. The molecule has 0 spiro atoms. The molecule has 2 aliphatic heterocycles. The van der Waals surface area contributed by atoms with Crippen molar-refractivity contribution < 1.29 is 4.79 Å². The van der Waals surface area contributed by atoms with E-state index >= 15 is 0 Å². The Kier molecular flexibility index (Phi) is 7.47. The van der Waals surface area contributed by atoms with Crippen LogP contribution in [0.1, 0.15) is 25.3 Å². The molecule has 2 atom stereocenters. The van der Waals surface area contributed by atoms with E-state index in [0.717, 1.165) is 56.9 Å².